The number of benzene rings is 1. The van der Waals surface area contributed by atoms with Gasteiger partial charge < -0.3 is 25.0 Å². The van der Waals surface area contributed by atoms with Crippen LogP contribution in [0.4, 0.5) is 0 Å². The van der Waals surface area contributed by atoms with Crippen LogP contribution in [0.2, 0.25) is 0 Å². The molecule has 3 N–H and O–H groups in total. The normalized spacial score (nSPS) is 24.8. The second-order valence-electron chi connectivity index (χ2n) is 5.51. The van der Waals surface area contributed by atoms with E-state index in [0.29, 0.717) is 26.0 Å². The van der Waals surface area contributed by atoms with Gasteiger partial charge in [0.15, 0.2) is 0 Å². The Kier molecular flexibility index (Phi) is 6.18. The predicted molar refractivity (Wildman–Crippen MR) is 80.6 cm³/mol. The minimum atomic E-state index is -0.880. The quantitative estimate of drug-likeness (QED) is 0.694. The molecule has 3 atom stereocenters. The van der Waals surface area contributed by atoms with Gasteiger partial charge in [-0.25, -0.2) is 0 Å². The molecule has 0 spiro atoms. The number of aliphatic hydroxyl groups is 2. The monoisotopic (exact) mass is 309 g/mol. The van der Waals surface area contributed by atoms with Gasteiger partial charge in [0.2, 0.25) is 5.91 Å². The molecule has 1 aliphatic heterocycles. The first-order valence-corrected chi connectivity index (χ1v) is 7.43. The van der Waals surface area contributed by atoms with Gasteiger partial charge in [0.1, 0.15) is 11.9 Å². The maximum absolute atomic E-state index is 11.8. The third kappa shape index (κ3) is 4.69. The fourth-order valence-electron chi connectivity index (χ4n) is 2.41. The molecule has 0 aliphatic carbocycles. The number of amides is 1. The van der Waals surface area contributed by atoms with Crippen molar-refractivity contribution in [2.24, 2.45) is 5.92 Å². The molecule has 0 unspecified atom stereocenters. The lowest BCUT2D eigenvalue weighted by Gasteiger charge is -2.31. The van der Waals surface area contributed by atoms with Gasteiger partial charge in [-0.3, -0.25) is 4.79 Å². The SMILES string of the molecule is COc1ccc(CCC(=O)NC[C@@H]2COC[C@@H](O)[C@H]2O)cc1. The molecule has 22 heavy (non-hydrogen) atoms. The number of carbonyl (C=O) groups excluding carboxylic acids is 1. The highest BCUT2D eigenvalue weighted by molar-refractivity contribution is 5.76. The summed E-state index contributed by atoms with van der Waals surface area (Å²) < 4.78 is 10.3. The number of hydrogen-bond acceptors (Lipinski definition) is 5. The van der Waals surface area contributed by atoms with Gasteiger partial charge >= 0.3 is 0 Å². The van der Waals surface area contributed by atoms with E-state index in [4.69, 9.17) is 9.47 Å². The molecule has 1 amide bonds. The van der Waals surface area contributed by atoms with Crippen molar-refractivity contribution >= 4 is 5.91 Å². The van der Waals surface area contributed by atoms with Crippen LogP contribution < -0.4 is 10.1 Å². The third-order valence-corrected chi connectivity index (χ3v) is 3.86. The van der Waals surface area contributed by atoms with E-state index >= 15 is 0 Å². The van der Waals surface area contributed by atoms with Gasteiger partial charge in [-0.1, -0.05) is 12.1 Å². The molecule has 1 fully saturated rings. The smallest absolute Gasteiger partial charge is 0.220 e. The molecule has 0 radical (unpaired) electrons. The Morgan fingerprint density at radius 1 is 1.32 bits per heavy atom. The van der Waals surface area contributed by atoms with Crippen molar-refractivity contribution in [3.8, 4) is 5.75 Å². The zero-order valence-electron chi connectivity index (χ0n) is 12.7. The summed E-state index contributed by atoms with van der Waals surface area (Å²) >= 11 is 0. The third-order valence-electron chi connectivity index (χ3n) is 3.86. The van der Waals surface area contributed by atoms with E-state index in [2.05, 4.69) is 5.32 Å². The summed E-state index contributed by atoms with van der Waals surface area (Å²) in [4.78, 5) is 11.8. The second kappa shape index (κ2) is 8.12. The molecule has 6 nitrogen and oxygen atoms in total. The number of ether oxygens (including phenoxy) is 2. The molecule has 122 valence electrons. The van der Waals surface area contributed by atoms with Crippen molar-refractivity contribution in [2.75, 3.05) is 26.9 Å². The second-order valence-corrected chi connectivity index (χ2v) is 5.51. The van der Waals surface area contributed by atoms with E-state index < -0.39 is 12.2 Å². The van der Waals surface area contributed by atoms with Crippen LogP contribution in [-0.2, 0) is 16.0 Å². The number of aliphatic hydroxyl groups excluding tert-OH is 2. The summed E-state index contributed by atoms with van der Waals surface area (Å²) in [6, 6.07) is 7.59. The Labute approximate surface area is 130 Å². The van der Waals surface area contributed by atoms with Crippen molar-refractivity contribution in [3.05, 3.63) is 29.8 Å². The lowest BCUT2D eigenvalue weighted by molar-refractivity contribution is -0.128. The molecule has 0 bridgehead atoms. The first-order chi connectivity index (χ1) is 10.6. The Hall–Kier alpha value is -1.63. The molecule has 1 aromatic carbocycles. The van der Waals surface area contributed by atoms with Gasteiger partial charge in [-0.05, 0) is 24.1 Å². The van der Waals surface area contributed by atoms with Crippen LogP contribution in [0.15, 0.2) is 24.3 Å². The van der Waals surface area contributed by atoms with E-state index in [0.717, 1.165) is 11.3 Å². The maximum atomic E-state index is 11.8. The van der Waals surface area contributed by atoms with Gasteiger partial charge in [0.25, 0.3) is 0 Å². The summed E-state index contributed by atoms with van der Waals surface area (Å²) in [5.74, 6) is 0.440. The van der Waals surface area contributed by atoms with Gasteiger partial charge in [0.05, 0.1) is 26.4 Å². The first-order valence-electron chi connectivity index (χ1n) is 7.43. The highest BCUT2D eigenvalue weighted by Crippen LogP contribution is 2.15. The summed E-state index contributed by atoms with van der Waals surface area (Å²) in [5.41, 5.74) is 1.06. The van der Waals surface area contributed by atoms with E-state index in [1.807, 2.05) is 24.3 Å². The predicted octanol–water partition coefficient (Wildman–Crippen LogP) is 0.112. The number of rotatable bonds is 6. The van der Waals surface area contributed by atoms with E-state index in [1.165, 1.54) is 0 Å². The fraction of sp³-hybridized carbons (Fsp3) is 0.562. The van der Waals surface area contributed by atoms with Crippen molar-refractivity contribution in [1.82, 2.24) is 5.32 Å². The number of nitrogens with one attached hydrogen (secondary N) is 1. The standard InChI is InChI=1S/C16H23NO5/c1-21-13-5-2-11(3-6-13)4-7-15(19)17-8-12-9-22-10-14(18)16(12)20/h2-3,5-6,12,14,16,18,20H,4,7-10H2,1H3,(H,17,19)/t12-,14-,16+/m1/s1. The Morgan fingerprint density at radius 2 is 2.05 bits per heavy atom. The van der Waals surface area contributed by atoms with Crippen LogP contribution in [0, 0.1) is 5.92 Å². The average Bonchev–Trinajstić information content (AvgIpc) is 2.54. The van der Waals surface area contributed by atoms with Crippen molar-refractivity contribution in [3.63, 3.8) is 0 Å². The van der Waals surface area contributed by atoms with Crippen LogP contribution in [0.1, 0.15) is 12.0 Å². The molecule has 1 aromatic rings. The molecular formula is C16H23NO5. The van der Waals surface area contributed by atoms with Gasteiger partial charge in [-0.2, -0.15) is 0 Å². The fourth-order valence-corrected chi connectivity index (χ4v) is 2.41. The zero-order valence-corrected chi connectivity index (χ0v) is 12.7. The van der Waals surface area contributed by atoms with E-state index in [1.54, 1.807) is 7.11 Å². The van der Waals surface area contributed by atoms with Crippen LogP contribution in [-0.4, -0.2) is 55.2 Å². The average molecular weight is 309 g/mol. The summed E-state index contributed by atoms with van der Waals surface area (Å²) in [7, 11) is 1.61. The van der Waals surface area contributed by atoms with Crippen LogP contribution in [0.5, 0.6) is 5.75 Å². The van der Waals surface area contributed by atoms with Crippen molar-refractivity contribution in [1.29, 1.82) is 0 Å². The van der Waals surface area contributed by atoms with E-state index in [-0.39, 0.29) is 18.4 Å². The number of aryl methyl sites for hydroxylation is 1. The van der Waals surface area contributed by atoms with Crippen LogP contribution >= 0.6 is 0 Å². The minimum Gasteiger partial charge on any atom is -0.497 e. The minimum absolute atomic E-state index is 0.0805. The molecule has 1 saturated heterocycles. The molecule has 1 heterocycles. The molecular weight excluding hydrogens is 286 g/mol. The Morgan fingerprint density at radius 3 is 2.73 bits per heavy atom. The molecule has 2 rings (SSSR count). The number of methoxy groups -OCH3 is 1. The topological polar surface area (TPSA) is 88.0 Å². The van der Waals surface area contributed by atoms with Gasteiger partial charge in [0, 0.05) is 18.9 Å². The lowest BCUT2D eigenvalue weighted by atomic mass is 9.96. The summed E-state index contributed by atoms with van der Waals surface area (Å²) in [6.07, 6.45) is -0.716. The zero-order chi connectivity index (χ0) is 15.9. The molecule has 0 saturated carbocycles. The number of carbonyl (C=O) groups is 1. The molecule has 1 aliphatic rings. The Balaban J connectivity index is 1.71. The van der Waals surface area contributed by atoms with Crippen molar-refractivity contribution < 1.29 is 24.5 Å². The Bertz CT molecular complexity index is 476. The molecule has 6 heteroatoms. The lowest BCUT2D eigenvalue weighted by Crippen LogP contribution is -2.48. The first kappa shape index (κ1) is 16.7. The largest absolute Gasteiger partial charge is 0.497 e. The highest BCUT2D eigenvalue weighted by atomic mass is 16.5. The van der Waals surface area contributed by atoms with Crippen LogP contribution in [0.3, 0.4) is 0 Å². The van der Waals surface area contributed by atoms with Crippen LogP contribution in [0.25, 0.3) is 0 Å². The highest BCUT2D eigenvalue weighted by Gasteiger charge is 2.31. The summed E-state index contributed by atoms with van der Waals surface area (Å²) in [5, 5.41) is 22.1. The summed E-state index contributed by atoms with van der Waals surface area (Å²) in [6.45, 7) is 0.791. The number of hydrogen-bond donors (Lipinski definition) is 3. The van der Waals surface area contributed by atoms with E-state index in [9.17, 15) is 15.0 Å². The maximum Gasteiger partial charge on any atom is 0.220 e. The van der Waals surface area contributed by atoms with Crippen molar-refractivity contribution in [2.45, 2.75) is 25.0 Å². The molecule has 0 aromatic heterocycles. The van der Waals surface area contributed by atoms with Gasteiger partial charge in [-0.15, -0.1) is 0 Å².